The second-order valence-corrected chi connectivity index (χ2v) is 5.49. The van der Waals surface area contributed by atoms with Crippen molar-refractivity contribution in [3.05, 3.63) is 69.5 Å². The van der Waals surface area contributed by atoms with Gasteiger partial charge in [0.2, 0.25) is 0 Å². The summed E-state index contributed by atoms with van der Waals surface area (Å²) in [7, 11) is 0. The number of hydrogen-bond acceptors (Lipinski definition) is 1. The summed E-state index contributed by atoms with van der Waals surface area (Å²) in [6.45, 7) is 8.12. The molecule has 0 bridgehead atoms. The van der Waals surface area contributed by atoms with Crippen LogP contribution in [0, 0.1) is 33.5 Å². The molecule has 0 aromatic heterocycles. The molecule has 1 N–H and O–H groups in total. The maximum atomic E-state index is 13.7. The van der Waals surface area contributed by atoms with Crippen molar-refractivity contribution in [3.63, 3.8) is 0 Å². The zero-order valence-electron chi connectivity index (χ0n) is 12.5. The molecule has 2 aromatic rings. The molecule has 1 unspecified atom stereocenters. The van der Waals surface area contributed by atoms with E-state index in [2.05, 4.69) is 6.07 Å². The number of benzene rings is 2. The standard InChI is InChI=1S/C18H21FO/c1-11-9-12(2)14(4)18(13(11)3)17(20)10-15-7-5-6-8-16(15)19/h5-9,17,20H,10H2,1-4H3. The van der Waals surface area contributed by atoms with Crippen molar-refractivity contribution in [1.29, 1.82) is 0 Å². The highest BCUT2D eigenvalue weighted by Gasteiger charge is 2.18. The van der Waals surface area contributed by atoms with Gasteiger partial charge < -0.3 is 5.11 Å². The number of aliphatic hydroxyl groups is 1. The van der Waals surface area contributed by atoms with E-state index in [4.69, 9.17) is 0 Å². The fourth-order valence-electron chi connectivity index (χ4n) is 2.72. The van der Waals surface area contributed by atoms with Crippen LogP contribution < -0.4 is 0 Å². The van der Waals surface area contributed by atoms with Gasteiger partial charge in [0.1, 0.15) is 5.82 Å². The first-order chi connectivity index (χ1) is 9.41. The lowest BCUT2D eigenvalue weighted by atomic mass is 9.88. The van der Waals surface area contributed by atoms with Crippen LogP contribution >= 0.6 is 0 Å². The van der Waals surface area contributed by atoms with Crippen LogP contribution in [0.5, 0.6) is 0 Å². The maximum Gasteiger partial charge on any atom is 0.126 e. The van der Waals surface area contributed by atoms with E-state index in [0.29, 0.717) is 12.0 Å². The average Bonchev–Trinajstić information content (AvgIpc) is 2.39. The van der Waals surface area contributed by atoms with Gasteiger partial charge in [-0.1, -0.05) is 24.3 Å². The Bertz CT molecular complexity index is 605. The van der Waals surface area contributed by atoms with Crippen LogP contribution in [0.2, 0.25) is 0 Å². The summed E-state index contributed by atoms with van der Waals surface area (Å²) >= 11 is 0. The molecule has 0 spiro atoms. The topological polar surface area (TPSA) is 20.2 Å². The van der Waals surface area contributed by atoms with E-state index in [0.717, 1.165) is 27.8 Å². The first-order valence-corrected chi connectivity index (χ1v) is 6.90. The molecule has 0 amide bonds. The molecule has 1 nitrogen and oxygen atoms in total. The number of aryl methyl sites for hydroxylation is 2. The normalized spacial score (nSPS) is 12.5. The van der Waals surface area contributed by atoms with Crippen molar-refractivity contribution in [3.8, 4) is 0 Å². The van der Waals surface area contributed by atoms with Crippen LogP contribution in [0.25, 0.3) is 0 Å². The highest BCUT2D eigenvalue weighted by Crippen LogP contribution is 2.29. The average molecular weight is 272 g/mol. The molecule has 2 aromatic carbocycles. The molecule has 0 saturated heterocycles. The predicted octanol–water partition coefficient (Wildman–Crippen LogP) is 4.34. The van der Waals surface area contributed by atoms with Gasteiger partial charge in [-0.05, 0) is 67.1 Å². The third kappa shape index (κ3) is 2.75. The Hall–Kier alpha value is -1.67. The molecule has 2 rings (SSSR count). The molecule has 0 radical (unpaired) electrons. The Morgan fingerprint density at radius 1 is 1.00 bits per heavy atom. The van der Waals surface area contributed by atoms with Crippen LogP contribution in [0.15, 0.2) is 30.3 Å². The molecule has 106 valence electrons. The summed E-state index contributed by atoms with van der Waals surface area (Å²) in [6, 6.07) is 8.75. The van der Waals surface area contributed by atoms with Gasteiger partial charge in [-0.2, -0.15) is 0 Å². The van der Waals surface area contributed by atoms with E-state index < -0.39 is 6.10 Å². The molecule has 20 heavy (non-hydrogen) atoms. The van der Waals surface area contributed by atoms with E-state index in [9.17, 15) is 9.50 Å². The van der Waals surface area contributed by atoms with Crippen LogP contribution in [0.1, 0.15) is 39.5 Å². The number of halogens is 1. The SMILES string of the molecule is Cc1cc(C)c(C)c(C(O)Cc2ccccc2F)c1C. The fraction of sp³-hybridized carbons (Fsp3) is 0.333. The fourth-order valence-corrected chi connectivity index (χ4v) is 2.72. The molecule has 0 saturated carbocycles. The Balaban J connectivity index is 2.40. The minimum atomic E-state index is -0.675. The summed E-state index contributed by atoms with van der Waals surface area (Å²) in [5.74, 6) is -0.258. The van der Waals surface area contributed by atoms with Gasteiger partial charge in [0.25, 0.3) is 0 Å². The van der Waals surface area contributed by atoms with Gasteiger partial charge in [-0.3, -0.25) is 0 Å². The van der Waals surface area contributed by atoms with Crippen LogP contribution in [-0.4, -0.2) is 5.11 Å². The minimum absolute atomic E-state index is 0.258. The van der Waals surface area contributed by atoms with Gasteiger partial charge in [-0.15, -0.1) is 0 Å². The first kappa shape index (κ1) is 14.7. The van der Waals surface area contributed by atoms with Gasteiger partial charge >= 0.3 is 0 Å². The number of rotatable bonds is 3. The lowest BCUT2D eigenvalue weighted by molar-refractivity contribution is 0.175. The van der Waals surface area contributed by atoms with Gasteiger partial charge in [-0.25, -0.2) is 4.39 Å². The highest BCUT2D eigenvalue weighted by molar-refractivity contribution is 5.45. The van der Waals surface area contributed by atoms with Crippen molar-refractivity contribution in [2.45, 2.75) is 40.2 Å². The lowest BCUT2D eigenvalue weighted by Gasteiger charge is -2.20. The third-order valence-corrected chi connectivity index (χ3v) is 4.13. The van der Waals surface area contributed by atoms with Crippen LogP contribution in [0.4, 0.5) is 4.39 Å². The smallest absolute Gasteiger partial charge is 0.126 e. The summed E-state index contributed by atoms with van der Waals surface area (Å²) in [5, 5.41) is 10.5. The second kappa shape index (κ2) is 5.76. The minimum Gasteiger partial charge on any atom is -0.388 e. The molecular weight excluding hydrogens is 251 g/mol. The Morgan fingerprint density at radius 3 is 2.10 bits per heavy atom. The monoisotopic (exact) mass is 272 g/mol. The third-order valence-electron chi connectivity index (χ3n) is 4.13. The van der Waals surface area contributed by atoms with Crippen LogP contribution in [-0.2, 0) is 6.42 Å². The quantitative estimate of drug-likeness (QED) is 0.881. The van der Waals surface area contributed by atoms with Gasteiger partial charge in [0.15, 0.2) is 0 Å². The highest BCUT2D eigenvalue weighted by atomic mass is 19.1. The van der Waals surface area contributed by atoms with Gasteiger partial charge in [0, 0.05) is 6.42 Å². The van der Waals surface area contributed by atoms with E-state index in [1.165, 1.54) is 6.07 Å². The summed E-state index contributed by atoms with van der Waals surface area (Å²) in [5.41, 5.74) is 6.00. The molecular formula is C18H21FO. The maximum absolute atomic E-state index is 13.7. The second-order valence-electron chi connectivity index (χ2n) is 5.49. The van der Waals surface area contributed by atoms with Crippen molar-refractivity contribution >= 4 is 0 Å². The van der Waals surface area contributed by atoms with E-state index in [1.807, 2.05) is 27.7 Å². The van der Waals surface area contributed by atoms with E-state index in [-0.39, 0.29) is 5.82 Å². The molecule has 1 atom stereocenters. The molecule has 2 heteroatoms. The Morgan fingerprint density at radius 2 is 1.55 bits per heavy atom. The summed E-state index contributed by atoms with van der Waals surface area (Å²) < 4.78 is 13.7. The first-order valence-electron chi connectivity index (χ1n) is 6.90. The summed E-state index contributed by atoms with van der Waals surface area (Å²) in [6.07, 6.45) is -0.373. The molecule has 0 aliphatic carbocycles. The van der Waals surface area contributed by atoms with Crippen LogP contribution in [0.3, 0.4) is 0 Å². The zero-order chi connectivity index (χ0) is 14.9. The predicted molar refractivity (Wildman–Crippen MR) is 80.5 cm³/mol. The van der Waals surface area contributed by atoms with Crippen molar-refractivity contribution in [2.75, 3.05) is 0 Å². The largest absolute Gasteiger partial charge is 0.388 e. The van der Waals surface area contributed by atoms with Crippen molar-refractivity contribution < 1.29 is 9.50 Å². The number of aliphatic hydroxyl groups excluding tert-OH is 1. The summed E-state index contributed by atoms with van der Waals surface area (Å²) in [4.78, 5) is 0. The lowest BCUT2D eigenvalue weighted by Crippen LogP contribution is -2.09. The van der Waals surface area contributed by atoms with E-state index in [1.54, 1.807) is 18.2 Å². The Kier molecular flexibility index (Phi) is 4.24. The van der Waals surface area contributed by atoms with Crippen molar-refractivity contribution in [2.24, 2.45) is 0 Å². The molecule has 0 heterocycles. The van der Waals surface area contributed by atoms with E-state index >= 15 is 0 Å². The molecule has 0 aliphatic rings. The van der Waals surface area contributed by atoms with Gasteiger partial charge in [0.05, 0.1) is 6.10 Å². The zero-order valence-corrected chi connectivity index (χ0v) is 12.5. The molecule has 0 fully saturated rings. The number of hydrogen-bond donors (Lipinski definition) is 1. The van der Waals surface area contributed by atoms with Crippen molar-refractivity contribution in [1.82, 2.24) is 0 Å². The molecule has 0 aliphatic heterocycles. The Labute approximate surface area is 120 Å².